The van der Waals surface area contributed by atoms with Crippen LogP contribution in [-0.2, 0) is 9.59 Å². The van der Waals surface area contributed by atoms with Crippen LogP contribution in [0.1, 0.15) is 105 Å². The van der Waals surface area contributed by atoms with Crippen LogP contribution in [0.3, 0.4) is 0 Å². The van der Waals surface area contributed by atoms with E-state index in [-0.39, 0.29) is 82.8 Å². The molecule has 0 saturated carbocycles. The Morgan fingerprint density at radius 3 is 1.04 bits per heavy atom. The van der Waals surface area contributed by atoms with Crippen molar-refractivity contribution >= 4 is 11.9 Å². The molecule has 0 aliphatic heterocycles. The third-order valence-corrected chi connectivity index (χ3v) is 4.70. The van der Waals surface area contributed by atoms with Crippen molar-refractivity contribution in [3.05, 3.63) is 0 Å². The van der Waals surface area contributed by atoms with Crippen LogP contribution in [0.25, 0.3) is 0 Å². The molecule has 0 amide bonds. The molecule has 0 fully saturated rings. The van der Waals surface area contributed by atoms with E-state index in [9.17, 15) is 19.8 Å². The number of carbonyl (C=O) groups is 2. The van der Waals surface area contributed by atoms with Gasteiger partial charge in [0.15, 0.2) is 0 Å². The van der Waals surface area contributed by atoms with Crippen LogP contribution in [0, 0.1) is 10.8 Å². The minimum Gasteiger partial charge on any atom is -0.550 e. The van der Waals surface area contributed by atoms with Crippen molar-refractivity contribution in [2.45, 2.75) is 105 Å². The molecule has 4 nitrogen and oxygen atoms in total. The van der Waals surface area contributed by atoms with Gasteiger partial charge in [-0.3, -0.25) is 0 Å². The SMILES string of the molecule is CC(C)(CCCCCCCCCCC(C)(C)CC(=O)[O-])CC(=O)[O-].[Na+].[Na+]. The Hall–Kier alpha value is 0.940. The smallest absolute Gasteiger partial charge is 0.550 e. The van der Waals surface area contributed by atoms with Crippen LogP contribution < -0.4 is 69.3 Å². The number of hydrogen-bond acceptors (Lipinski definition) is 4. The summed E-state index contributed by atoms with van der Waals surface area (Å²) in [5, 5.41) is 21.3. The van der Waals surface area contributed by atoms with Crippen molar-refractivity contribution in [2.24, 2.45) is 10.8 Å². The van der Waals surface area contributed by atoms with Gasteiger partial charge >= 0.3 is 59.1 Å². The standard InChI is InChI=1S/C20H38O4.2Na/c1-19(2,15-17(21)22)13-11-9-7-5-6-8-10-12-14-20(3,4)16-18(23)24;;/h5-16H2,1-4H3,(H,21,22)(H,23,24);;/q;2*+1/p-2. The van der Waals surface area contributed by atoms with Gasteiger partial charge in [-0.1, -0.05) is 79.1 Å². The normalized spacial score (nSPS) is 11.4. The van der Waals surface area contributed by atoms with E-state index in [1.165, 1.54) is 25.7 Å². The predicted molar refractivity (Wildman–Crippen MR) is 93.0 cm³/mol. The fraction of sp³-hybridized carbons (Fsp3) is 0.900. The summed E-state index contributed by atoms with van der Waals surface area (Å²) in [5.74, 6) is -1.91. The van der Waals surface area contributed by atoms with Crippen molar-refractivity contribution in [3.8, 4) is 0 Å². The molecule has 0 saturated heterocycles. The second-order valence-corrected chi connectivity index (χ2v) is 8.75. The molecule has 0 aliphatic carbocycles. The van der Waals surface area contributed by atoms with Crippen molar-refractivity contribution in [2.75, 3.05) is 0 Å². The fourth-order valence-electron chi connectivity index (χ4n) is 3.23. The van der Waals surface area contributed by atoms with Crippen molar-refractivity contribution in [1.82, 2.24) is 0 Å². The zero-order valence-corrected chi connectivity index (χ0v) is 22.1. The second-order valence-electron chi connectivity index (χ2n) is 8.75. The molecule has 0 aromatic rings. The zero-order valence-electron chi connectivity index (χ0n) is 18.1. The number of rotatable bonds is 15. The van der Waals surface area contributed by atoms with Gasteiger partial charge in [-0.25, -0.2) is 0 Å². The first-order chi connectivity index (χ1) is 11.0. The minimum absolute atomic E-state index is 0. The average molecular weight is 386 g/mol. The van der Waals surface area contributed by atoms with E-state index in [4.69, 9.17) is 0 Å². The van der Waals surface area contributed by atoms with E-state index in [0.717, 1.165) is 38.5 Å². The Kier molecular flexibility index (Phi) is 20.5. The Labute approximate surface area is 204 Å². The largest absolute Gasteiger partial charge is 1.00 e. The maximum Gasteiger partial charge on any atom is 1.00 e. The quantitative estimate of drug-likeness (QED) is 0.225. The third-order valence-electron chi connectivity index (χ3n) is 4.70. The summed E-state index contributed by atoms with van der Waals surface area (Å²) in [6.45, 7) is 7.96. The Bertz CT molecular complexity index is 346. The van der Waals surface area contributed by atoms with Gasteiger partial charge in [-0.15, -0.1) is 0 Å². The molecule has 0 N–H and O–H groups in total. The maximum absolute atomic E-state index is 10.6. The zero-order chi connectivity index (χ0) is 18.6. The summed E-state index contributed by atoms with van der Waals surface area (Å²) in [6.07, 6.45) is 11.5. The Balaban J connectivity index is -0.00000264. The van der Waals surface area contributed by atoms with Gasteiger partial charge in [-0.05, 0) is 36.5 Å². The summed E-state index contributed by atoms with van der Waals surface area (Å²) in [7, 11) is 0. The average Bonchev–Trinajstić information content (AvgIpc) is 2.37. The number of unbranched alkanes of at least 4 members (excludes halogenated alkanes) is 7. The molecule has 0 rings (SSSR count). The van der Waals surface area contributed by atoms with E-state index < -0.39 is 11.9 Å². The molecule has 0 spiro atoms. The van der Waals surface area contributed by atoms with E-state index >= 15 is 0 Å². The predicted octanol–water partition coefficient (Wildman–Crippen LogP) is -2.77. The molecule has 142 valence electrons. The summed E-state index contributed by atoms with van der Waals surface area (Å²) < 4.78 is 0. The number of carboxylic acid groups (broad SMARTS) is 2. The van der Waals surface area contributed by atoms with Crippen molar-refractivity contribution in [1.29, 1.82) is 0 Å². The molecule has 0 aromatic heterocycles. The van der Waals surface area contributed by atoms with Gasteiger partial charge in [0, 0.05) is 11.9 Å². The summed E-state index contributed by atoms with van der Waals surface area (Å²) in [4.78, 5) is 21.3. The third kappa shape index (κ3) is 21.2. The van der Waals surface area contributed by atoms with Gasteiger partial charge < -0.3 is 19.8 Å². The van der Waals surface area contributed by atoms with Crippen molar-refractivity contribution < 1.29 is 78.9 Å². The summed E-state index contributed by atoms with van der Waals surface area (Å²) >= 11 is 0. The molecule has 0 atom stereocenters. The van der Waals surface area contributed by atoms with Crippen LogP contribution in [0.2, 0.25) is 0 Å². The van der Waals surface area contributed by atoms with Gasteiger partial charge in [0.2, 0.25) is 0 Å². The molecular formula is C20H36Na2O4. The molecular weight excluding hydrogens is 350 g/mol. The first-order valence-electron chi connectivity index (χ1n) is 9.44. The fourth-order valence-corrected chi connectivity index (χ4v) is 3.23. The van der Waals surface area contributed by atoms with Gasteiger partial charge in [-0.2, -0.15) is 0 Å². The Morgan fingerprint density at radius 1 is 0.577 bits per heavy atom. The first kappa shape index (κ1) is 31.6. The number of carbonyl (C=O) groups excluding carboxylic acids is 2. The van der Waals surface area contributed by atoms with Gasteiger partial charge in [0.1, 0.15) is 0 Å². The van der Waals surface area contributed by atoms with Crippen LogP contribution in [0.5, 0.6) is 0 Å². The van der Waals surface area contributed by atoms with Crippen LogP contribution >= 0.6 is 0 Å². The monoisotopic (exact) mass is 386 g/mol. The summed E-state index contributed by atoms with van der Waals surface area (Å²) in [5.41, 5.74) is -0.311. The van der Waals surface area contributed by atoms with E-state index in [1.54, 1.807) is 0 Å². The van der Waals surface area contributed by atoms with Gasteiger partial charge in [0.05, 0.1) is 0 Å². The van der Waals surface area contributed by atoms with Crippen LogP contribution in [0.15, 0.2) is 0 Å². The summed E-state index contributed by atoms with van der Waals surface area (Å²) in [6, 6.07) is 0. The number of hydrogen-bond donors (Lipinski definition) is 0. The molecule has 0 bridgehead atoms. The molecule has 0 aliphatic rings. The van der Waals surface area contributed by atoms with Crippen LogP contribution in [-0.4, -0.2) is 11.9 Å². The van der Waals surface area contributed by atoms with Crippen LogP contribution in [0.4, 0.5) is 0 Å². The molecule has 0 unspecified atom stereocenters. The first-order valence-corrected chi connectivity index (χ1v) is 9.44. The molecule has 0 heterocycles. The van der Waals surface area contributed by atoms with Crippen molar-refractivity contribution in [3.63, 3.8) is 0 Å². The van der Waals surface area contributed by atoms with E-state index in [2.05, 4.69) is 0 Å². The molecule has 0 radical (unpaired) electrons. The molecule has 0 aromatic carbocycles. The Morgan fingerprint density at radius 2 is 0.808 bits per heavy atom. The number of aliphatic carboxylic acids is 2. The molecule has 26 heavy (non-hydrogen) atoms. The molecule has 6 heteroatoms. The minimum atomic E-state index is -0.956. The van der Waals surface area contributed by atoms with E-state index in [1.807, 2.05) is 27.7 Å². The second kappa shape index (κ2) is 16.9. The van der Waals surface area contributed by atoms with E-state index in [0.29, 0.717) is 0 Å². The maximum atomic E-state index is 10.6. The van der Waals surface area contributed by atoms with Gasteiger partial charge in [0.25, 0.3) is 0 Å². The number of carboxylic acids is 2. The topological polar surface area (TPSA) is 80.3 Å².